The fourth-order valence-electron chi connectivity index (χ4n) is 2.90. The average Bonchev–Trinajstić information content (AvgIpc) is 2.66. The number of amides is 2. The zero-order valence-corrected chi connectivity index (χ0v) is 17.3. The minimum Gasteiger partial charge on any atom is -0.362 e. The number of halogens is 2. The number of pyridine rings is 1. The molecule has 2 heterocycles. The van der Waals surface area contributed by atoms with Crippen LogP contribution in [0, 0.1) is 5.92 Å². The van der Waals surface area contributed by atoms with E-state index in [1.807, 2.05) is 24.1 Å². The Labute approximate surface area is 173 Å². The van der Waals surface area contributed by atoms with Gasteiger partial charge in [-0.3, -0.25) is 14.6 Å². The molecule has 0 radical (unpaired) electrons. The molecule has 1 aromatic rings. The molecule has 0 aliphatic carbocycles. The molecule has 1 aliphatic heterocycles. The molecule has 9 heteroatoms. The molecule has 0 atom stereocenters. The Morgan fingerprint density at radius 3 is 2.63 bits per heavy atom. The highest BCUT2D eigenvalue weighted by molar-refractivity contribution is 5.85. The molecule has 1 aromatic heterocycles. The highest BCUT2D eigenvalue weighted by atomic mass is 35.5. The van der Waals surface area contributed by atoms with Gasteiger partial charge in [0, 0.05) is 32.0 Å². The van der Waals surface area contributed by atoms with Crippen molar-refractivity contribution in [2.75, 3.05) is 39.9 Å². The second kappa shape index (κ2) is 14.6. The van der Waals surface area contributed by atoms with Gasteiger partial charge in [-0.05, 0) is 50.4 Å². The molecule has 2 rings (SSSR count). The summed E-state index contributed by atoms with van der Waals surface area (Å²) in [5.74, 6) is 0.422. The van der Waals surface area contributed by atoms with E-state index in [-0.39, 0.29) is 49.8 Å². The van der Waals surface area contributed by atoms with E-state index in [0.29, 0.717) is 12.5 Å². The van der Waals surface area contributed by atoms with E-state index in [1.54, 1.807) is 12.4 Å². The number of carbonyl (C=O) groups is 2. The Morgan fingerprint density at radius 2 is 2.00 bits per heavy atom. The number of ether oxygens (including phenoxy) is 1. The number of hydrogen-bond acceptors (Lipinski definition) is 5. The third-order valence-corrected chi connectivity index (χ3v) is 4.44. The van der Waals surface area contributed by atoms with Crippen LogP contribution >= 0.6 is 24.8 Å². The van der Waals surface area contributed by atoms with Crippen molar-refractivity contribution in [3.63, 3.8) is 0 Å². The number of hydrogen-bond donors (Lipinski definition) is 2. The van der Waals surface area contributed by atoms with Crippen LogP contribution in [-0.4, -0.2) is 61.6 Å². The highest BCUT2D eigenvalue weighted by Gasteiger charge is 2.22. The van der Waals surface area contributed by atoms with E-state index in [4.69, 9.17) is 4.74 Å². The van der Waals surface area contributed by atoms with Crippen LogP contribution in [0.3, 0.4) is 0 Å². The Balaban J connectivity index is 0.00000338. The molecule has 27 heavy (non-hydrogen) atoms. The Hall–Kier alpha value is -1.41. The van der Waals surface area contributed by atoms with Crippen molar-refractivity contribution >= 4 is 36.6 Å². The van der Waals surface area contributed by atoms with E-state index in [9.17, 15) is 9.59 Å². The maximum Gasteiger partial charge on any atom is 0.248 e. The zero-order chi connectivity index (χ0) is 17.9. The molecule has 0 spiro atoms. The number of piperidine rings is 1. The van der Waals surface area contributed by atoms with Crippen molar-refractivity contribution in [3.05, 3.63) is 30.1 Å². The van der Waals surface area contributed by atoms with E-state index in [1.165, 1.54) is 0 Å². The first-order valence-corrected chi connectivity index (χ1v) is 8.84. The third-order valence-electron chi connectivity index (χ3n) is 4.44. The predicted octanol–water partition coefficient (Wildman–Crippen LogP) is 1.41. The molecule has 1 saturated heterocycles. The number of nitrogens with zero attached hydrogens (tertiary/aromatic N) is 2. The molecule has 0 unspecified atom stereocenters. The van der Waals surface area contributed by atoms with Gasteiger partial charge in [0.15, 0.2) is 0 Å². The minimum atomic E-state index is -0.234. The first-order valence-electron chi connectivity index (χ1n) is 8.84. The van der Waals surface area contributed by atoms with Crippen LogP contribution in [0.2, 0.25) is 0 Å². The summed E-state index contributed by atoms with van der Waals surface area (Å²) in [4.78, 5) is 29.7. The fraction of sp³-hybridized carbons (Fsp3) is 0.611. The monoisotopic (exact) mass is 420 g/mol. The summed E-state index contributed by atoms with van der Waals surface area (Å²) in [7, 11) is 1.96. The summed E-state index contributed by atoms with van der Waals surface area (Å²) in [6, 6.07) is 3.70. The standard InChI is InChI=1S/C18H28N4O3.2ClH/c1-19-8-4-15-5-9-22(10-6-15)18(24)14-25-13-17(23)21-12-16-3-2-7-20-11-16;;/h2-3,7,11,15,19H,4-6,8-10,12-14H2,1H3,(H,21,23);2*1H. The van der Waals surface area contributed by atoms with Gasteiger partial charge in [0.2, 0.25) is 11.8 Å². The van der Waals surface area contributed by atoms with Crippen LogP contribution in [0.25, 0.3) is 0 Å². The van der Waals surface area contributed by atoms with Crippen molar-refractivity contribution in [1.82, 2.24) is 20.5 Å². The maximum absolute atomic E-state index is 12.1. The van der Waals surface area contributed by atoms with Crippen molar-refractivity contribution in [1.29, 1.82) is 0 Å². The lowest BCUT2D eigenvalue weighted by atomic mass is 9.93. The molecular weight excluding hydrogens is 391 g/mol. The molecule has 0 aromatic carbocycles. The van der Waals surface area contributed by atoms with Gasteiger partial charge in [0.25, 0.3) is 0 Å². The Morgan fingerprint density at radius 1 is 1.26 bits per heavy atom. The number of nitrogens with one attached hydrogen (secondary N) is 2. The van der Waals surface area contributed by atoms with Gasteiger partial charge in [0.1, 0.15) is 13.2 Å². The minimum absolute atomic E-state index is 0. The molecule has 0 saturated carbocycles. The Bertz CT molecular complexity index is 541. The number of rotatable bonds is 9. The average molecular weight is 421 g/mol. The zero-order valence-electron chi connectivity index (χ0n) is 15.7. The number of carbonyl (C=O) groups excluding carboxylic acids is 2. The normalized spacial score (nSPS) is 14.0. The first kappa shape index (κ1) is 25.6. The van der Waals surface area contributed by atoms with Crippen LogP contribution in [0.5, 0.6) is 0 Å². The van der Waals surface area contributed by atoms with Crippen LogP contribution in [0.15, 0.2) is 24.5 Å². The lowest BCUT2D eigenvalue weighted by molar-refractivity contribution is -0.139. The second-order valence-corrected chi connectivity index (χ2v) is 6.35. The molecule has 0 bridgehead atoms. The van der Waals surface area contributed by atoms with E-state index in [0.717, 1.165) is 44.5 Å². The molecular formula is C18H30Cl2N4O3. The van der Waals surface area contributed by atoms with E-state index < -0.39 is 0 Å². The lowest BCUT2D eigenvalue weighted by Gasteiger charge is -2.32. The second-order valence-electron chi connectivity index (χ2n) is 6.35. The fourth-order valence-corrected chi connectivity index (χ4v) is 2.90. The molecule has 7 nitrogen and oxygen atoms in total. The van der Waals surface area contributed by atoms with Crippen LogP contribution in [0.4, 0.5) is 0 Å². The molecule has 2 N–H and O–H groups in total. The van der Waals surface area contributed by atoms with Gasteiger partial charge < -0.3 is 20.3 Å². The smallest absolute Gasteiger partial charge is 0.248 e. The Kier molecular flexibility index (Phi) is 13.9. The first-order chi connectivity index (χ1) is 12.2. The van der Waals surface area contributed by atoms with Gasteiger partial charge in [0.05, 0.1) is 0 Å². The van der Waals surface area contributed by atoms with Gasteiger partial charge in [-0.15, -0.1) is 24.8 Å². The largest absolute Gasteiger partial charge is 0.362 e. The van der Waals surface area contributed by atoms with Crippen molar-refractivity contribution in [2.45, 2.75) is 25.8 Å². The summed E-state index contributed by atoms with van der Waals surface area (Å²) in [5.41, 5.74) is 0.924. The third kappa shape index (κ3) is 9.91. The number of aromatic nitrogens is 1. The number of likely N-dealkylation sites (tertiary alicyclic amines) is 1. The van der Waals surface area contributed by atoms with Crippen molar-refractivity contribution in [2.24, 2.45) is 5.92 Å². The van der Waals surface area contributed by atoms with Crippen LogP contribution in [0.1, 0.15) is 24.8 Å². The summed E-state index contributed by atoms with van der Waals surface area (Å²) < 4.78 is 5.26. The van der Waals surface area contributed by atoms with E-state index >= 15 is 0 Å². The van der Waals surface area contributed by atoms with Gasteiger partial charge in [-0.1, -0.05) is 6.07 Å². The SMILES string of the molecule is CNCCC1CCN(C(=O)COCC(=O)NCc2cccnc2)CC1.Cl.Cl. The molecule has 2 amide bonds. The summed E-state index contributed by atoms with van der Waals surface area (Å²) in [6.07, 6.45) is 6.62. The van der Waals surface area contributed by atoms with Gasteiger partial charge in [-0.2, -0.15) is 0 Å². The van der Waals surface area contributed by atoms with Crippen LogP contribution in [-0.2, 0) is 20.9 Å². The highest BCUT2D eigenvalue weighted by Crippen LogP contribution is 2.19. The topological polar surface area (TPSA) is 83.6 Å². The lowest BCUT2D eigenvalue weighted by Crippen LogP contribution is -2.41. The quantitative estimate of drug-likeness (QED) is 0.630. The van der Waals surface area contributed by atoms with Gasteiger partial charge in [-0.25, -0.2) is 0 Å². The molecule has 1 aliphatic rings. The summed E-state index contributed by atoms with van der Waals surface area (Å²) >= 11 is 0. The maximum atomic E-state index is 12.1. The van der Waals surface area contributed by atoms with E-state index in [2.05, 4.69) is 15.6 Å². The summed E-state index contributed by atoms with van der Waals surface area (Å²) in [5, 5.41) is 5.91. The van der Waals surface area contributed by atoms with Crippen LogP contribution < -0.4 is 10.6 Å². The molecule has 154 valence electrons. The van der Waals surface area contributed by atoms with Crippen molar-refractivity contribution in [3.8, 4) is 0 Å². The predicted molar refractivity (Wildman–Crippen MR) is 109 cm³/mol. The van der Waals surface area contributed by atoms with Crippen molar-refractivity contribution < 1.29 is 14.3 Å². The van der Waals surface area contributed by atoms with Gasteiger partial charge >= 0.3 is 0 Å². The molecule has 1 fully saturated rings. The summed E-state index contributed by atoms with van der Waals surface area (Å²) in [6.45, 7) is 2.85.